The Morgan fingerprint density at radius 1 is 1.64 bits per heavy atom. The van der Waals surface area contributed by atoms with Gasteiger partial charge in [0.1, 0.15) is 0 Å². The Bertz CT molecular complexity index is 121. The third kappa shape index (κ3) is 2.97. The first kappa shape index (κ1) is 11.2. The van der Waals surface area contributed by atoms with Crippen LogP contribution in [0.5, 0.6) is 0 Å². The highest BCUT2D eigenvalue weighted by Gasteiger charge is 2.30. The summed E-state index contributed by atoms with van der Waals surface area (Å²) < 4.78 is 0. The van der Waals surface area contributed by atoms with Gasteiger partial charge in [0.25, 0.3) is 0 Å². The maximum absolute atomic E-state index is 9.73. The van der Waals surface area contributed by atoms with Crippen LogP contribution in [0.25, 0.3) is 0 Å². The van der Waals surface area contributed by atoms with Crippen molar-refractivity contribution in [1.29, 1.82) is 0 Å². The molecule has 3 N–H and O–H groups in total. The number of hydrogen-bond donors (Lipinski definition) is 2. The number of halogens is 1. The number of hydrogen-bond acceptors (Lipinski definition) is 2. The minimum absolute atomic E-state index is 0. The second kappa shape index (κ2) is 4.29. The first-order valence-electron chi connectivity index (χ1n) is 4.09. The van der Waals surface area contributed by atoms with Crippen molar-refractivity contribution in [2.24, 2.45) is 11.7 Å². The van der Waals surface area contributed by atoms with Gasteiger partial charge in [-0.15, -0.1) is 12.4 Å². The number of rotatable bonds is 1. The molecule has 2 nitrogen and oxygen atoms in total. The summed E-state index contributed by atoms with van der Waals surface area (Å²) in [5.41, 5.74) is 4.92. The molecule has 0 aromatic carbocycles. The lowest BCUT2D eigenvalue weighted by molar-refractivity contribution is -0.00446. The minimum atomic E-state index is -0.530. The van der Waals surface area contributed by atoms with Gasteiger partial charge in [-0.05, 0) is 18.8 Å². The zero-order valence-corrected chi connectivity index (χ0v) is 7.86. The summed E-state index contributed by atoms with van der Waals surface area (Å²) in [7, 11) is 0. The van der Waals surface area contributed by atoms with Crippen LogP contribution in [-0.4, -0.2) is 17.3 Å². The van der Waals surface area contributed by atoms with Gasteiger partial charge in [0.2, 0.25) is 0 Å². The summed E-state index contributed by atoms with van der Waals surface area (Å²) in [5.74, 6) is 0.655. The van der Waals surface area contributed by atoms with Crippen LogP contribution in [0.15, 0.2) is 0 Å². The van der Waals surface area contributed by atoms with E-state index >= 15 is 0 Å². The first-order valence-corrected chi connectivity index (χ1v) is 4.09. The zero-order valence-electron chi connectivity index (χ0n) is 7.05. The molecule has 0 aromatic heterocycles. The molecule has 3 heteroatoms. The fraction of sp³-hybridized carbons (Fsp3) is 1.00. The van der Waals surface area contributed by atoms with E-state index in [1.165, 1.54) is 6.42 Å². The summed E-state index contributed by atoms with van der Waals surface area (Å²) in [6.45, 7) is 2.61. The van der Waals surface area contributed by atoms with Crippen LogP contribution >= 0.6 is 12.4 Å². The molecule has 1 saturated carbocycles. The molecule has 11 heavy (non-hydrogen) atoms. The topological polar surface area (TPSA) is 46.2 Å². The van der Waals surface area contributed by atoms with Crippen LogP contribution in [0.1, 0.15) is 32.6 Å². The molecule has 0 saturated heterocycles. The maximum atomic E-state index is 9.73. The van der Waals surface area contributed by atoms with E-state index in [0.29, 0.717) is 12.5 Å². The van der Waals surface area contributed by atoms with E-state index in [4.69, 9.17) is 5.73 Å². The molecule has 0 heterocycles. The summed E-state index contributed by atoms with van der Waals surface area (Å²) in [6.07, 6.45) is 4.18. The lowest BCUT2D eigenvalue weighted by atomic mass is 9.79. The first-order chi connectivity index (χ1) is 4.66. The van der Waals surface area contributed by atoms with Crippen LogP contribution in [0.3, 0.4) is 0 Å². The van der Waals surface area contributed by atoms with Crippen LogP contribution in [0, 0.1) is 5.92 Å². The van der Waals surface area contributed by atoms with Crippen molar-refractivity contribution in [3.05, 3.63) is 0 Å². The molecule has 0 spiro atoms. The summed E-state index contributed by atoms with van der Waals surface area (Å²) in [4.78, 5) is 0. The highest BCUT2D eigenvalue weighted by atomic mass is 35.5. The van der Waals surface area contributed by atoms with E-state index in [1.807, 2.05) is 0 Å². The molecule has 0 bridgehead atoms. The molecule has 1 fully saturated rings. The van der Waals surface area contributed by atoms with Gasteiger partial charge >= 0.3 is 0 Å². The van der Waals surface area contributed by atoms with Gasteiger partial charge < -0.3 is 10.8 Å². The molecule has 1 aliphatic rings. The van der Waals surface area contributed by atoms with Crippen LogP contribution in [-0.2, 0) is 0 Å². The third-order valence-corrected chi connectivity index (χ3v) is 2.45. The van der Waals surface area contributed by atoms with Crippen molar-refractivity contribution in [3.8, 4) is 0 Å². The quantitative estimate of drug-likeness (QED) is 0.638. The van der Waals surface area contributed by atoms with Gasteiger partial charge in [-0.3, -0.25) is 0 Å². The van der Waals surface area contributed by atoms with Crippen LogP contribution < -0.4 is 5.73 Å². The van der Waals surface area contributed by atoms with Crippen molar-refractivity contribution in [1.82, 2.24) is 0 Å². The lowest BCUT2D eigenvalue weighted by Gasteiger charge is -2.34. The van der Waals surface area contributed by atoms with Crippen LogP contribution in [0.4, 0.5) is 0 Å². The van der Waals surface area contributed by atoms with Crippen molar-refractivity contribution < 1.29 is 5.11 Å². The molecule has 0 aliphatic heterocycles. The van der Waals surface area contributed by atoms with Crippen molar-refractivity contribution >= 4 is 12.4 Å². The predicted octanol–water partition coefficient (Wildman–Crippen LogP) is 1.31. The van der Waals surface area contributed by atoms with E-state index in [-0.39, 0.29) is 12.4 Å². The van der Waals surface area contributed by atoms with Crippen molar-refractivity contribution in [3.63, 3.8) is 0 Å². The Labute approximate surface area is 74.6 Å². The summed E-state index contributed by atoms with van der Waals surface area (Å²) in [6, 6.07) is 0. The van der Waals surface area contributed by atoms with Crippen LogP contribution in [0.2, 0.25) is 0 Å². The Morgan fingerprint density at radius 2 is 2.27 bits per heavy atom. The van der Waals surface area contributed by atoms with Gasteiger partial charge in [0.15, 0.2) is 0 Å². The Morgan fingerprint density at radius 3 is 2.64 bits per heavy atom. The third-order valence-electron chi connectivity index (χ3n) is 2.45. The molecule has 0 amide bonds. The second-order valence-corrected chi connectivity index (χ2v) is 3.63. The van der Waals surface area contributed by atoms with Gasteiger partial charge in [-0.25, -0.2) is 0 Å². The molecular formula is C8H18ClNO. The molecular weight excluding hydrogens is 162 g/mol. The average Bonchev–Trinajstić information content (AvgIpc) is 1.88. The second-order valence-electron chi connectivity index (χ2n) is 3.63. The summed E-state index contributed by atoms with van der Waals surface area (Å²) >= 11 is 0. The zero-order chi connectivity index (χ0) is 7.61. The molecule has 2 unspecified atom stereocenters. The molecule has 1 aliphatic carbocycles. The lowest BCUT2D eigenvalue weighted by Crippen LogP contribution is -2.41. The van der Waals surface area contributed by atoms with E-state index < -0.39 is 5.60 Å². The van der Waals surface area contributed by atoms with Gasteiger partial charge in [-0.2, -0.15) is 0 Å². The van der Waals surface area contributed by atoms with E-state index in [9.17, 15) is 5.11 Å². The highest BCUT2D eigenvalue weighted by Crippen LogP contribution is 2.30. The molecule has 1 rings (SSSR count). The fourth-order valence-corrected chi connectivity index (χ4v) is 1.82. The Kier molecular flexibility index (Phi) is 4.37. The number of aliphatic hydroxyl groups is 1. The monoisotopic (exact) mass is 179 g/mol. The molecule has 0 radical (unpaired) electrons. The van der Waals surface area contributed by atoms with Gasteiger partial charge in [0, 0.05) is 6.54 Å². The van der Waals surface area contributed by atoms with Gasteiger partial charge in [-0.1, -0.05) is 19.8 Å². The smallest absolute Gasteiger partial charge is 0.0772 e. The standard InChI is InChI=1S/C8H17NO.ClH/c1-7-3-2-4-8(10,5-7)6-9;/h7,10H,2-6,9H2,1H3;1H. The Hall–Kier alpha value is 0.210. The van der Waals surface area contributed by atoms with E-state index in [1.54, 1.807) is 0 Å². The normalized spacial score (nSPS) is 37.9. The van der Waals surface area contributed by atoms with Crippen molar-refractivity contribution in [2.45, 2.75) is 38.2 Å². The van der Waals surface area contributed by atoms with E-state index in [0.717, 1.165) is 19.3 Å². The highest BCUT2D eigenvalue weighted by molar-refractivity contribution is 5.85. The fourth-order valence-electron chi connectivity index (χ4n) is 1.82. The Balaban J connectivity index is 0.000001000. The average molecular weight is 180 g/mol. The summed E-state index contributed by atoms with van der Waals surface area (Å²) in [5, 5.41) is 9.73. The maximum Gasteiger partial charge on any atom is 0.0772 e. The largest absolute Gasteiger partial charge is 0.389 e. The predicted molar refractivity (Wildman–Crippen MR) is 48.9 cm³/mol. The molecule has 2 atom stereocenters. The SMILES string of the molecule is CC1CCCC(O)(CN)C1.Cl. The van der Waals surface area contributed by atoms with Gasteiger partial charge in [0.05, 0.1) is 5.60 Å². The minimum Gasteiger partial charge on any atom is -0.389 e. The van der Waals surface area contributed by atoms with Crippen molar-refractivity contribution in [2.75, 3.05) is 6.54 Å². The molecule has 68 valence electrons. The number of nitrogens with two attached hydrogens (primary N) is 1. The van der Waals surface area contributed by atoms with E-state index in [2.05, 4.69) is 6.92 Å². The molecule has 0 aromatic rings.